The Hall–Kier alpha value is -0.320. The van der Waals surface area contributed by atoms with Crippen LogP contribution in [0.15, 0.2) is 0 Å². The number of amides is 1. The number of thioether (sulfide) groups is 1. The van der Waals surface area contributed by atoms with E-state index in [-0.39, 0.29) is 12.2 Å². The molecule has 0 fully saturated rings. The van der Waals surface area contributed by atoms with Crippen LogP contribution in [-0.2, 0) is 4.79 Å². The molecule has 0 aromatic heterocycles. The predicted octanol–water partition coefficient (Wildman–Crippen LogP) is 0.860. The van der Waals surface area contributed by atoms with Crippen molar-refractivity contribution in [1.82, 2.24) is 0 Å². The smallest absolute Gasteiger partial charge is 0.239 e. The number of carbonyl (C=O) groups is 1. The van der Waals surface area contributed by atoms with Crippen molar-refractivity contribution in [2.24, 2.45) is 5.73 Å². The largest absolute Gasteiger partial charge is 0.369 e. The van der Waals surface area contributed by atoms with Crippen molar-refractivity contribution in [1.29, 1.82) is 0 Å². The first kappa shape index (κ1) is 9.68. The molecule has 1 amide bonds. The van der Waals surface area contributed by atoms with Gasteiger partial charge in [0.25, 0.3) is 0 Å². The zero-order chi connectivity index (χ0) is 7.98. The number of halogens is 2. The van der Waals surface area contributed by atoms with Crippen LogP contribution in [0.1, 0.15) is 6.42 Å². The normalized spacial score (nSPS) is 10.3. The summed E-state index contributed by atoms with van der Waals surface area (Å²) in [6, 6.07) is 0. The molecule has 60 valence electrons. The van der Waals surface area contributed by atoms with Crippen molar-refractivity contribution in [2.45, 2.75) is 12.8 Å². The highest BCUT2D eigenvalue weighted by Crippen LogP contribution is 2.06. The number of nitrogens with two attached hydrogens (primary N) is 1. The van der Waals surface area contributed by atoms with Gasteiger partial charge in [0.2, 0.25) is 12.3 Å². The second-order valence-electron chi connectivity index (χ2n) is 1.70. The van der Waals surface area contributed by atoms with Crippen LogP contribution < -0.4 is 5.73 Å². The lowest BCUT2D eigenvalue weighted by Crippen LogP contribution is -2.13. The standard InChI is InChI=1S/C5H9F2NOS/c6-4(7)1-2-10-3-5(8)9/h4H,1-3H2,(H2,8,9). The molecule has 2 N–H and O–H groups in total. The number of carbonyl (C=O) groups excluding carboxylic acids is 1. The van der Waals surface area contributed by atoms with Gasteiger partial charge in [-0.2, -0.15) is 11.8 Å². The van der Waals surface area contributed by atoms with Gasteiger partial charge >= 0.3 is 0 Å². The first-order valence-electron chi connectivity index (χ1n) is 2.77. The first-order valence-corrected chi connectivity index (χ1v) is 3.92. The minimum atomic E-state index is -2.28. The maximum absolute atomic E-state index is 11.4. The zero-order valence-corrected chi connectivity index (χ0v) is 6.16. The van der Waals surface area contributed by atoms with E-state index in [1.54, 1.807) is 0 Å². The minimum Gasteiger partial charge on any atom is -0.369 e. The van der Waals surface area contributed by atoms with E-state index in [0.717, 1.165) is 11.8 Å². The van der Waals surface area contributed by atoms with E-state index in [2.05, 4.69) is 0 Å². The van der Waals surface area contributed by atoms with Crippen molar-refractivity contribution >= 4 is 17.7 Å². The van der Waals surface area contributed by atoms with Crippen LogP contribution in [0.25, 0.3) is 0 Å². The van der Waals surface area contributed by atoms with E-state index in [4.69, 9.17) is 5.73 Å². The first-order chi connectivity index (χ1) is 4.63. The molecule has 0 saturated carbocycles. The molecule has 2 nitrogen and oxygen atoms in total. The number of hydrogen-bond acceptors (Lipinski definition) is 2. The molecule has 0 unspecified atom stereocenters. The Morgan fingerprint density at radius 1 is 1.60 bits per heavy atom. The van der Waals surface area contributed by atoms with Crippen molar-refractivity contribution in [3.63, 3.8) is 0 Å². The molecular weight excluding hydrogens is 160 g/mol. The molecule has 0 radical (unpaired) electrons. The van der Waals surface area contributed by atoms with E-state index in [9.17, 15) is 13.6 Å². The van der Waals surface area contributed by atoms with E-state index in [1.807, 2.05) is 0 Å². The monoisotopic (exact) mass is 169 g/mol. The molecule has 0 heterocycles. The molecule has 0 bridgehead atoms. The van der Waals surface area contributed by atoms with E-state index in [1.165, 1.54) is 0 Å². The third kappa shape index (κ3) is 7.68. The molecule has 0 aliphatic rings. The molecule has 0 atom stereocenters. The summed E-state index contributed by atoms with van der Waals surface area (Å²) in [5.74, 6) is -0.0351. The SMILES string of the molecule is NC(=O)CSCCC(F)F. The molecule has 10 heavy (non-hydrogen) atoms. The summed E-state index contributed by atoms with van der Waals surface area (Å²) in [4.78, 5) is 10.1. The fourth-order valence-electron chi connectivity index (χ4n) is 0.345. The van der Waals surface area contributed by atoms with Crippen LogP contribution in [0.4, 0.5) is 8.78 Å². The summed E-state index contributed by atoms with van der Waals surface area (Å²) >= 11 is 1.14. The van der Waals surface area contributed by atoms with E-state index < -0.39 is 12.3 Å². The number of alkyl halides is 2. The highest BCUT2D eigenvalue weighted by molar-refractivity contribution is 7.99. The zero-order valence-electron chi connectivity index (χ0n) is 5.35. The van der Waals surface area contributed by atoms with Gasteiger partial charge in [0, 0.05) is 6.42 Å². The molecule has 0 aliphatic heterocycles. The molecular formula is C5H9F2NOS. The fourth-order valence-corrected chi connectivity index (χ4v) is 1.04. The molecule has 0 aliphatic carbocycles. The lowest BCUT2D eigenvalue weighted by atomic mass is 10.5. The number of rotatable bonds is 5. The Morgan fingerprint density at radius 2 is 2.20 bits per heavy atom. The van der Waals surface area contributed by atoms with Gasteiger partial charge in [-0.15, -0.1) is 0 Å². The van der Waals surface area contributed by atoms with Crippen LogP contribution in [0.2, 0.25) is 0 Å². The second-order valence-corrected chi connectivity index (χ2v) is 2.80. The summed E-state index contributed by atoms with van der Waals surface area (Å²) < 4.78 is 22.9. The third-order valence-corrected chi connectivity index (χ3v) is 1.74. The predicted molar refractivity (Wildman–Crippen MR) is 37.1 cm³/mol. The summed E-state index contributed by atoms with van der Waals surface area (Å²) in [7, 11) is 0. The van der Waals surface area contributed by atoms with Gasteiger partial charge in [0.15, 0.2) is 0 Å². The minimum absolute atomic E-state index is 0.132. The van der Waals surface area contributed by atoms with Crippen molar-refractivity contribution < 1.29 is 13.6 Å². The van der Waals surface area contributed by atoms with Gasteiger partial charge in [0.05, 0.1) is 5.75 Å². The van der Waals surface area contributed by atoms with Crippen LogP contribution in [0.3, 0.4) is 0 Å². The van der Waals surface area contributed by atoms with Gasteiger partial charge in [-0.05, 0) is 5.75 Å². The fraction of sp³-hybridized carbons (Fsp3) is 0.800. The van der Waals surface area contributed by atoms with Gasteiger partial charge in [0.1, 0.15) is 0 Å². The van der Waals surface area contributed by atoms with Crippen molar-refractivity contribution in [2.75, 3.05) is 11.5 Å². The highest BCUT2D eigenvalue weighted by atomic mass is 32.2. The lowest BCUT2D eigenvalue weighted by molar-refractivity contribution is -0.115. The Labute approximate surface area is 62.2 Å². The topological polar surface area (TPSA) is 43.1 Å². The van der Waals surface area contributed by atoms with Gasteiger partial charge < -0.3 is 5.73 Å². The molecule has 0 aromatic rings. The number of hydrogen-bond donors (Lipinski definition) is 1. The summed E-state index contributed by atoms with van der Waals surface area (Å²) in [5, 5.41) is 0. The van der Waals surface area contributed by atoms with Crippen LogP contribution in [0.5, 0.6) is 0 Å². The summed E-state index contributed by atoms with van der Waals surface area (Å²) in [5.41, 5.74) is 4.76. The van der Waals surface area contributed by atoms with Gasteiger partial charge in [-0.3, -0.25) is 4.79 Å². The Bertz CT molecular complexity index is 110. The van der Waals surface area contributed by atoms with Crippen LogP contribution in [-0.4, -0.2) is 23.8 Å². The molecule has 0 saturated heterocycles. The second kappa shape index (κ2) is 5.46. The van der Waals surface area contributed by atoms with Gasteiger partial charge in [-0.1, -0.05) is 0 Å². The molecule has 0 aromatic carbocycles. The molecule has 0 spiro atoms. The Kier molecular flexibility index (Phi) is 5.29. The molecule has 5 heteroatoms. The van der Waals surface area contributed by atoms with Gasteiger partial charge in [-0.25, -0.2) is 8.78 Å². The maximum atomic E-state index is 11.4. The quantitative estimate of drug-likeness (QED) is 0.620. The van der Waals surface area contributed by atoms with E-state index >= 15 is 0 Å². The third-order valence-electron chi connectivity index (χ3n) is 0.725. The molecule has 0 rings (SSSR count). The summed E-state index contributed by atoms with van der Waals surface area (Å²) in [6.07, 6.45) is -2.45. The summed E-state index contributed by atoms with van der Waals surface area (Å²) in [6.45, 7) is 0. The maximum Gasteiger partial charge on any atom is 0.239 e. The highest BCUT2D eigenvalue weighted by Gasteiger charge is 2.01. The van der Waals surface area contributed by atoms with Crippen LogP contribution in [0, 0.1) is 0 Å². The van der Waals surface area contributed by atoms with Crippen molar-refractivity contribution in [3.8, 4) is 0 Å². The number of primary amides is 1. The Morgan fingerprint density at radius 3 is 2.60 bits per heavy atom. The Balaban J connectivity index is 2.98. The lowest BCUT2D eigenvalue weighted by Gasteiger charge is -1.96. The average Bonchev–Trinajstić information content (AvgIpc) is 1.79. The average molecular weight is 169 g/mol. The van der Waals surface area contributed by atoms with E-state index in [0.29, 0.717) is 5.75 Å². The van der Waals surface area contributed by atoms with Crippen molar-refractivity contribution in [3.05, 3.63) is 0 Å². The van der Waals surface area contributed by atoms with Crippen LogP contribution >= 0.6 is 11.8 Å².